The molecular weight excluding hydrogens is 472 g/mol. The van der Waals surface area contributed by atoms with Crippen LogP contribution >= 0.6 is 0 Å². The number of morpholine rings is 1. The van der Waals surface area contributed by atoms with Crippen LogP contribution in [0.2, 0.25) is 0 Å². The zero-order chi connectivity index (χ0) is 25.5. The summed E-state index contributed by atoms with van der Waals surface area (Å²) in [5.74, 6) is 1.83. The third kappa shape index (κ3) is 4.64. The van der Waals surface area contributed by atoms with Gasteiger partial charge in [-0.2, -0.15) is 15.1 Å². The maximum Gasteiger partial charge on any atom is 0.320 e. The van der Waals surface area contributed by atoms with Crippen LogP contribution < -0.4 is 9.64 Å². The molecule has 2 unspecified atom stereocenters. The Morgan fingerprint density at radius 3 is 2.68 bits per heavy atom. The van der Waals surface area contributed by atoms with Gasteiger partial charge >= 0.3 is 12.0 Å². The number of carbonyl (C=O) groups excluding carboxylic acids is 1. The van der Waals surface area contributed by atoms with Crippen molar-refractivity contribution in [2.75, 3.05) is 51.4 Å². The van der Waals surface area contributed by atoms with Crippen LogP contribution in [0.1, 0.15) is 43.2 Å². The summed E-state index contributed by atoms with van der Waals surface area (Å²) in [5, 5.41) is 5.79. The van der Waals surface area contributed by atoms with E-state index in [2.05, 4.69) is 38.8 Å². The van der Waals surface area contributed by atoms with Gasteiger partial charge in [-0.15, -0.1) is 0 Å². The number of aromatic nitrogens is 4. The normalized spacial score (nSPS) is 22.2. The summed E-state index contributed by atoms with van der Waals surface area (Å²) in [4.78, 5) is 25.7. The number of aryl methyl sites for hydroxylation is 1. The standard InChI is InChI=1S/C27H34N6O4/c1-4-36-26(34)15-31-7-5-18(6-8-31)22-11-23-19(9-17(22)2)13-28-33(23)25-12-24(29-27(30-25)35-3)32-14-21-10-20(32)16-37-21/h9,11-13,18,20-21H,4-8,10,14-16H2,1-3H3. The van der Waals surface area contributed by atoms with Crippen molar-refractivity contribution in [2.45, 2.75) is 51.2 Å². The van der Waals surface area contributed by atoms with Crippen LogP contribution in [0.25, 0.3) is 16.7 Å². The number of rotatable bonds is 7. The van der Waals surface area contributed by atoms with E-state index in [0.29, 0.717) is 36.9 Å². The summed E-state index contributed by atoms with van der Waals surface area (Å²) in [6, 6.07) is 7.17. The fraction of sp³-hybridized carbons (Fsp3) is 0.556. The molecule has 37 heavy (non-hydrogen) atoms. The van der Waals surface area contributed by atoms with Gasteiger partial charge in [0.1, 0.15) is 5.82 Å². The number of nitrogens with zero attached hydrogens (tertiary/aromatic N) is 6. The third-order valence-electron chi connectivity index (χ3n) is 7.91. The molecule has 0 amide bonds. The Kier molecular flexibility index (Phi) is 6.46. The van der Waals surface area contributed by atoms with Crippen LogP contribution in [0.3, 0.4) is 0 Å². The molecular formula is C27H34N6O4. The Balaban J connectivity index is 1.28. The molecule has 1 aromatic carbocycles. The fourth-order valence-corrected chi connectivity index (χ4v) is 6.05. The average molecular weight is 507 g/mol. The number of hydrogen-bond acceptors (Lipinski definition) is 9. The van der Waals surface area contributed by atoms with Gasteiger partial charge < -0.3 is 19.1 Å². The topological polar surface area (TPSA) is 94.8 Å². The van der Waals surface area contributed by atoms with Gasteiger partial charge in [-0.25, -0.2) is 4.68 Å². The van der Waals surface area contributed by atoms with Crippen LogP contribution in [-0.4, -0.2) is 89.3 Å². The van der Waals surface area contributed by atoms with E-state index < -0.39 is 0 Å². The summed E-state index contributed by atoms with van der Waals surface area (Å²) in [7, 11) is 1.60. The minimum Gasteiger partial charge on any atom is -0.467 e. The largest absolute Gasteiger partial charge is 0.467 e. The number of piperidine rings is 1. The molecule has 196 valence electrons. The van der Waals surface area contributed by atoms with E-state index in [4.69, 9.17) is 19.3 Å². The number of anilines is 1. The molecule has 2 bridgehead atoms. The molecule has 2 atom stereocenters. The molecule has 0 saturated carbocycles. The van der Waals surface area contributed by atoms with Crippen molar-refractivity contribution < 1.29 is 19.0 Å². The van der Waals surface area contributed by atoms with E-state index >= 15 is 0 Å². The minimum atomic E-state index is -0.142. The molecule has 0 radical (unpaired) electrons. The number of esters is 1. The summed E-state index contributed by atoms with van der Waals surface area (Å²) in [5.41, 5.74) is 3.62. The summed E-state index contributed by atoms with van der Waals surface area (Å²) in [6.07, 6.45) is 5.21. The lowest BCUT2D eigenvalue weighted by Gasteiger charge is -2.32. The molecule has 3 saturated heterocycles. The van der Waals surface area contributed by atoms with E-state index in [1.807, 2.05) is 23.9 Å². The van der Waals surface area contributed by atoms with Crippen molar-refractivity contribution in [3.05, 3.63) is 35.5 Å². The van der Waals surface area contributed by atoms with Crippen molar-refractivity contribution in [3.63, 3.8) is 0 Å². The number of benzene rings is 1. The third-order valence-corrected chi connectivity index (χ3v) is 7.91. The minimum absolute atomic E-state index is 0.142. The number of likely N-dealkylation sites (tertiary alicyclic amines) is 1. The van der Waals surface area contributed by atoms with E-state index in [1.54, 1.807) is 7.11 Å². The lowest BCUT2D eigenvalue weighted by molar-refractivity contribution is -0.144. The number of fused-ring (bicyclic) bond motifs is 3. The van der Waals surface area contributed by atoms with E-state index in [1.165, 1.54) is 11.1 Å². The van der Waals surface area contributed by atoms with Crippen LogP contribution in [-0.2, 0) is 14.3 Å². The highest BCUT2D eigenvalue weighted by atomic mass is 16.5. The van der Waals surface area contributed by atoms with Gasteiger partial charge in [-0.3, -0.25) is 9.69 Å². The second-order valence-corrected chi connectivity index (χ2v) is 10.2. The first-order valence-electron chi connectivity index (χ1n) is 13.2. The highest BCUT2D eigenvalue weighted by Gasteiger charge is 2.40. The molecule has 3 fully saturated rings. The molecule has 0 aliphatic carbocycles. The molecule has 2 aromatic heterocycles. The van der Waals surface area contributed by atoms with Gasteiger partial charge in [-0.05, 0) is 75.4 Å². The smallest absolute Gasteiger partial charge is 0.320 e. The molecule has 10 nitrogen and oxygen atoms in total. The lowest BCUT2D eigenvalue weighted by atomic mass is 9.86. The first-order valence-corrected chi connectivity index (χ1v) is 13.2. The predicted molar refractivity (Wildman–Crippen MR) is 138 cm³/mol. The van der Waals surface area contributed by atoms with Crippen LogP contribution in [0.5, 0.6) is 6.01 Å². The Bertz CT molecular complexity index is 1300. The Morgan fingerprint density at radius 2 is 1.97 bits per heavy atom. The second kappa shape index (κ2) is 9.90. The van der Waals surface area contributed by atoms with Crippen LogP contribution in [0.15, 0.2) is 24.4 Å². The second-order valence-electron chi connectivity index (χ2n) is 10.2. The molecule has 3 aromatic rings. The molecule has 10 heteroatoms. The van der Waals surface area contributed by atoms with Crippen LogP contribution in [0, 0.1) is 6.92 Å². The van der Waals surface area contributed by atoms with Gasteiger partial charge in [0.15, 0.2) is 5.82 Å². The first-order chi connectivity index (χ1) is 18.0. The van der Waals surface area contributed by atoms with Crippen molar-refractivity contribution in [2.24, 2.45) is 0 Å². The number of carbonyl (C=O) groups is 1. The van der Waals surface area contributed by atoms with Gasteiger partial charge in [0.25, 0.3) is 0 Å². The van der Waals surface area contributed by atoms with Gasteiger partial charge in [0.05, 0.1) is 50.7 Å². The maximum atomic E-state index is 11.9. The zero-order valence-corrected chi connectivity index (χ0v) is 21.7. The van der Waals surface area contributed by atoms with Crippen LogP contribution in [0.4, 0.5) is 5.82 Å². The van der Waals surface area contributed by atoms with Crippen molar-refractivity contribution in [3.8, 4) is 11.8 Å². The maximum absolute atomic E-state index is 11.9. The first kappa shape index (κ1) is 24.1. The lowest BCUT2D eigenvalue weighted by Crippen LogP contribution is -2.37. The highest BCUT2D eigenvalue weighted by molar-refractivity contribution is 5.82. The molecule has 3 aliphatic heterocycles. The van der Waals surface area contributed by atoms with E-state index in [0.717, 1.165) is 62.2 Å². The fourth-order valence-electron chi connectivity index (χ4n) is 6.05. The van der Waals surface area contributed by atoms with Gasteiger partial charge in [0.2, 0.25) is 0 Å². The van der Waals surface area contributed by atoms with Gasteiger partial charge in [-0.1, -0.05) is 0 Å². The molecule has 3 aliphatic rings. The number of hydrogen-bond donors (Lipinski definition) is 0. The van der Waals surface area contributed by atoms with E-state index in [9.17, 15) is 4.79 Å². The molecule has 6 rings (SSSR count). The van der Waals surface area contributed by atoms with Crippen molar-refractivity contribution in [1.82, 2.24) is 24.6 Å². The highest BCUT2D eigenvalue weighted by Crippen LogP contribution is 2.35. The number of methoxy groups -OCH3 is 1. The molecule has 5 heterocycles. The van der Waals surface area contributed by atoms with Crippen molar-refractivity contribution in [1.29, 1.82) is 0 Å². The van der Waals surface area contributed by atoms with Crippen molar-refractivity contribution >= 4 is 22.7 Å². The molecule has 0 N–H and O–H groups in total. The Morgan fingerprint density at radius 1 is 1.16 bits per heavy atom. The zero-order valence-electron chi connectivity index (χ0n) is 21.7. The predicted octanol–water partition coefficient (Wildman–Crippen LogP) is 2.85. The summed E-state index contributed by atoms with van der Waals surface area (Å²) < 4.78 is 18.3. The van der Waals surface area contributed by atoms with E-state index in [-0.39, 0.29) is 12.1 Å². The SMILES string of the molecule is CCOC(=O)CN1CCC(c2cc3c(cnn3-c3cc(N4CC5CC4CO5)nc(OC)n3)cc2C)CC1. The Hall–Kier alpha value is -3.24. The monoisotopic (exact) mass is 506 g/mol. The Labute approximate surface area is 216 Å². The average Bonchev–Trinajstić information content (AvgIpc) is 3.64. The summed E-state index contributed by atoms with van der Waals surface area (Å²) in [6.45, 7) is 8.15. The summed E-state index contributed by atoms with van der Waals surface area (Å²) >= 11 is 0. The quantitative estimate of drug-likeness (QED) is 0.448. The molecule has 0 spiro atoms. The van der Waals surface area contributed by atoms with Gasteiger partial charge in [0, 0.05) is 18.0 Å². The number of ether oxygens (including phenoxy) is 3.